The molecule has 3 aromatic carbocycles. The van der Waals surface area contributed by atoms with Crippen LogP contribution in [0.2, 0.25) is 0 Å². The monoisotopic (exact) mass is 648 g/mol. The molecule has 2 amide bonds. The number of sulfonamides is 2. The summed E-state index contributed by atoms with van der Waals surface area (Å²) in [5, 5.41) is 5.44. The van der Waals surface area contributed by atoms with Gasteiger partial charge in [0.1, 0.15) is 5.56 Å². The second-order valence-electron chi connectivity index (χ2n) is 10.1. The maximum atomic E-state index is 12.9. The first-order chi connectivity index (χ1) is 21.3. The lowest BCUT2D eigenvalue weighted by molar-refractivity contribution is -0.118. The van der Waals surface area contributed by atoms with E-state index in [9.17, 15) is 31.2 Å². The van der Waals surface area contributed by atoms with E-state index < -0.39 is 43.8 Å². The molecule has 3 aromatic rings. The molecule has 0 aliphatic heterocycles. The number of Topliss-reactive ketones (excluding diaryl/α,β-unsaturated/α-hetero) is 1. The molecule has 4 rings (SSSR count). The number of nitrogens with zero attached hydrogens (tertiary/aromatic N) is 1. The van der Waals surface area contributed by atoms with E-state index in [0.29, 0.717) is 16.9 Å². The van der Waals surface area contributed by atoms with E-state index >= 15 is 0 Å². The maximum absolute atomic E-state index is 12.9. The minimum absolute atomic E-state index is 0.106. The molecule has 232 valence electrons. The fourth-order valence-electron chi connectivity index (χ4n) is 4.34. The first-order valence-electron chi connectivity index (χ1n) is 13.4. The molecule has 0 bridgehead atoms. The van der Waals surface area contributed by atoms with E-state index in [1.54, 1.807) is 78.9 Å². The van der Waals surface area contributed by atoms with E-state index in [0.717, 1.165) is 12.5 Å². The lowest BCUT2D eigenvalue weighted by Crippen LogP contribution is -2.43. The number of rotatable bonds is 10. The largest absolute Gasteiger partial charge is 0.325 e. The van der Waals surface area contributed by atoms with Crippen molar-refractivity contribution < 1.29 is 31.2 Å². The summed E-state index contributed by atoms with van der Waals surface area (Å²) in [7, 11) is -7.15. The molecule has 0 aromatic heterocycles. The van der Waals surface area contributed by atoms with Crippen molar-refractivity contribution in [1.29, 1.82) is 0 Å². The van der Waals surface area contributed by atoms with E-state index in [1.807, 2.05) is 0 Å². The summed E-state index contributed by atoms with van der Waals surface area (Å²) >= 11 is 0. The molecular formula is C31H30N5O7S2+. The Hall–Kier alpha value is -5.10. The van der Waals surface area contributed by atoms with Crippen LogP contribution in [-0.4, -0.2) is 59.5 Å². The number of nitrogens with one attached hydrogen (secondary N) is 4. The Bertz CT molecular complexity index is 1980. The number of para-hydroxylation sites is 1. The zero-order chi connectivity index (χ0) is 32.6. The lowest BCUT2D eigenvalue weighted by Gasteiger charge is -2.23. The molecule has 1 aliphatic carbocycles. The van der Waals surface area contributed by atoms with Gasteiger partial charge in [0.2, 0.25) is 31.7 Å². The minimum Gasteiger partial charge on any atom is -0.325 e. The van der Waals surface area contributed by atoms with Crippen LogP contribution in [0.25, 0.3) is 4.85 Å². The van der Waals surface area contributed by atoms with Crippen LogP contribution < -0.4 is 20.1 Å². The average molecular weight is 649 g/mol. The van der Waals surface area contributed by atoms with E-state index in [-0.39, 0.29) is 29.1 Å². The second-order valence-corrected chi connectivity index (χ2v) is 13.6. The molecule has 0 radical (unpaired) electrons. The van der Waals surface area contributed by atoms with Crippen molar-refractivity contribution >= 4 is 54.7 Å². The molecule has 12 nitrogen and oxygen atoms in total. The molecule has 4 N–H and O–H groups in total. The molecule has 14 heteroatoms. The summed E-state index contributed by atoms with van der Waals surface area (Å²) in [5.74, 6) is -2.09. The van der Waals surface area contributed by atoms with Crippen LogP contribution in [0.1, 0.15) is 26.3 Å². The quantitative estimate of drug-likeness (QED) is 0.244. The highest BCUT2D eigenvalue weighted by molar-refractivity contribution is 7.92. The van der Waals surface area contributed by atoms with Crippen molar-refractivity contribution in [2.24, 2.45) is 5.92 Å². The minimum atomic E-state index is -3.61. The van der Waals surface area contributed by atoms with Gasteiger partial charge in [-0.3, -0.25) is 19.1 Å². The Morgan fingerprint density at radius 2 is 1.49 bits per heavy atom. The third-order valence-corrected chi connectivity index (χ3v) is 7.55. The van der Waals surface area contributed by atoms with Gasteiger partial charge in [-0.2, -0.15) is 0 Å². The molecule has 45 heavy (non-hydrogen) atoms. The third-order valence-electron chi connectivity index (χ3n) is 6.26. The Morgan fingerprint density at radius 3 is 2.22 bits per heavy atom. The number of allylic oxidation sites excluding steroid dienone is 2. The predicted molar refractivity (Wildman–Crippen MR) is 173 cm³/mol. The molecule has 0 fully saturated rings. The number of ketones is 1. The van der Waals surface area contributed by atoms with Gasteiger partial charge in [0.15, 0.2) is 0 Å². The average Bonchev–Trinajstić information content (AvgIpc) is 2.96. The van der Waals surface area contributed by atoms with Crippen LogP contribution in [0.4, 0.5) is 17.1 Å². The van der Waals surface area contributed by atoms with Crippen molar-refractivity contribution in [2.45, 2.75) is 6.04 Å². The molecule has 0 spiro atoms. The Labute approximate surface area is 261 Å². The Morgan fingerprint density at radius 1 is 0.800 bits per heavy atom. The van der Waals surface area contributed by atoms with Crippen LogP contribution in [0.15, 0.2) is 97.1 Å². The van der Waals surface area contributed by atoms with Crippen LogP contribution in [0, 0.1) is 12.0 Å². The Balaban J connectivity index is 1.39. The number of benzene rings is 3. The highest BCUT2D eigenvalue weighted by Crippen LogP contribution is 2.20. The molecule has 1 aliphatic rings. The molecular weight excluding hydrogens is 619 g/mol. The van der Waals surface area contributed by atoms with Crippen LogP contribution in [-0.2, 0) is 24.8 Å². The van der Waals surface area contributed by atoms with Crippen LogP contribution in [0.5, 0.6) is 0 Å². The van der Waals surface area contributed by atoms with Gasteiger partial charge >= 0.3 is 12.6 Å². The summed E-state index contributed by atoms with van der Waals surface area (Å²) in [6.07, 6.45) is 8.54. The summed E-state index contributed by atoms with van der Waals surface area (Å²) in [4.78, 5) is 42.7. The van der Waals surface area contributed by atoms with Crippen molar-refractivity contribution in [1.82, 2.24) is 4.72 Å². The highest BCUT2D eigenvalue weighted by Gasteiger charge is 2.28. The molecule has 0 heterocycles. The SMILES string of the molecule is CS(=O)(=O)Nc1ccccc1C(=O)Nc1cccc(C(=O)C[N+]#Cc2cccc(NC(=O)C3C=CC=CC3NS(C)(=O)=O)c2)c1. The summed E-state index contributed by atoms with van der Waals surface area (Å²) in [5.41, 5.74) is 1.77. The summed E-state index contributed by atoms with van der Waals surface area (Å²) < 4.78 is 51.5. The van der Waals surface area contributed by atoms with Crippen molar-refractivity contribution in [2.75, 3.05) is 34.4 Å². The smallest absolute Gasteiger partial charge is 0.325 e. The normalized spacial score (nSPS) is 15.8. The number of hydrogen-bond donors (Lipinski definition) is 4. The molecule has 2 unspecified atom stereocenters. The van der Waals surface area contributed by atoms with Gasteiger partial charge in [-0.05, 0) is 42.5 Å². The van der Waals surface area contributed by atoms with Crippen molar-refractivity contribution in [3.63, 3.8) is 0 Å². The lowest BCUT2D eigenvalue weighted by atomic mass is 9.95. The third kappa shape index (κ3) is 9.97. The summed E-state index contributed by atoms with van der Waals surface area (Å²) in [6.45, 7) is -0.243. The summed E-state index contributed by atoms with van der Waals surface area (Å²) in [6, 6.07) is 21.1. The van der Waals surface area contributed by atoms with Gasteiger partial charge in [0.25, 0.3) is 5.91 Å². The number of carbonyl (C=O) groups is 3. The van der Waals surface area contributed by atoms with Gasteiger partial charge in [-0.25, -0.2) is 21.6 Å². The number of amides is 2. The maximum Gasteiger partial charge on any atom is 0.325 e. The van der Waals surface area contributed by atoms with Crippen LogP contribution >= 0.6 is 0 Å². The predicted octanol–water partition coefficient (Wildman–Crippen LogP) is 3.47. The van der Waals surface area contributed by atoms with E-state index in [4.69, 9.17) is 0 Å². The zero-order valence-corrected chi connectivity index (χ0v) is 25.9. The number of anilines is 3. The van der Waals surface area contributed by atoms with Gasteiger partial charge in [0.05, 0.1) is 35.7 Å². The Kier molecular flexibility index (Phi) is 10.3. The first kappa shape index (κ1) is 32.8. The van der Waals surface area contributed by atoms with Crippen molar-refractivity contribution in [3.05, 3.63) is 119 Å². The highest BCUT2D eigenvalue weighted by atomic mass is 32.2. The number of carbonyl (C=O) groups excluding carboxylic acids is 3. The second kappa shape index (κ2) is 14.1. The topological polar surface area (TPSA) is 172 Å². The molecule has 0 saturated heterocycles. The van der Waals surface area contributed by atoms with Gasteiger partial charge in [-0.1, -0.05) is 59.5 Å². The molecule has 2 atom stereocenters. The van der Waals surface area contributed by atoms with Gasteiger partial charge in [-0.15, -0.1) is 0 Å². The van der Waals surface area contributed by atoms with E-state index in [1.165, 1.54) is 18.2 Å². The molecule has 0 saturated carbocycles. The van der Waals surface area contributed by atoms with Gasteiger partial charge in [0, 0.05) is 16.9 Å². The van der Waals surface area contributed by atoms with Gasteiger partial charge < -0.3 is 10.6 Å². The van der Waals surface area contributed by atoms with Crippen molar-refractivity contribution in [3.8, 4) is 6.07 Å². The fourth-order valence-corrected chi connectivity index (χ4v) is 5.64. The standard InChI is InChI=1S/C31H29N5O7S2/c1-44(40,41)35-27-15-5-3-13-25(27)30(38)33-23-11-7-9-21(17-23)19-32-20-29(37)22-10-8-12-24(18-22)34-31(39)26-14-4-6-16-28(26)36-45(2,42)43/h3-18,25,27,35H,20H2,1-2H3,(H2-,33,34,36,38,39)/p+1. The number of hydrogen-bond acceptors (Lipinski definition) is 7. The van der Waals surface area contributed by atoms with Crippen LogP contribution in [0.3, 0.4) is 0 Å². The first-order valence-corrected chi connectivity index (χ1v) is 17.2. The zero-order valence-electron chi connectivity index (χ0n) is 24.2. The van der Waals surface area contributed by atoms with E-state index in [2.05, 4.69) is 31.0 Å². The fraction of sp³-hybridized carbons (Fsp3) is 0.161.